The molecule has 2 aliphatic heterocycles. The van der Waals surface area contributed by atoms with E-state index in [0.29, 0.717) is 43.7 Å². The number of ether oxygens (including phenoxy) is 2. The highest BCUT2D eigenvalue weighted by atomic mass is 32.1. The van der Waals surface area contributed by atoms with E-state index in [0.717, 1.165) is 5.56 Å². The Balaban J connectivity index is 1.72. The Morgan fingerprint density at radius 1 is 1.19 bits per heavy atom. The molecule has 0 aromatic heterocycles. The molecule has 1 fully saturated rings. The first-order valence-electron chi connectivity index (χ1n) is 9.46. The number of likely N-dealkylation sites (tertiary alicyclic amines) is 1. The minimum absolute atomic E-state index is 0.0985. The van der Waals surface area contributed by atoms with Gasteiger partial charge in [-0.1, -0.05) is 6.07 Å². The molecule has 1 spiro atoms. The number of rotatable bonds is 1. The van der Waals surface area contributed by atoms with Crippen LogP contribution in [0.2, 0.25) is 0 Å². The predicted octanol–water partition coefficient (Wildman–Crippen LogP) is 4.59. The maximum absolute atomic E-state index is 12.8. The van der Waals surface area contributed by atoms with Crippen LogP contribution >= 0.6 is 12.6 Å². The molecule has 27 heavy (non-hydrogen) atoms. The Labute approximate surface area is 166 Å². The zero-order valence-electron chi connectivity index (χ0n) is 16.8. The van der Waals surface area contributed by atoms with Crippen molar-refractivity contribution in [2.75, 3.05) is 13.1 Å². The molecule has 5 nitrogen and oxygen atoms in total. The molecular weight excluding hydrogens is 362 g/mol. The van der Waals surface area contributed by atoms with Gasteiger partial charge in [-0.15, -0.1) is 0 Å². The number of nitrogens with zero attached hydrogens (tertiary/aromatic N) is 1. The molecule has 0 atom stereocenters. The van der Waals surface area contributed by atoms with Crippen LogP contribution in [0.1, 0.15) is 69.8 Å². The summed E-state index contributed by atoms with van der Waals surface area (Å²) in [6.45, 7) is 10.6. The third-order valence-corrected chi connectivity index (χ3v) is 5.38. The lowest BCUT2D eigenvalue weighted by Gasteiger charge is -2.44. The van der Waals surface area contributed by atoms with Crippen molar-refractivity contribution in [2.24, 2.45) is 0 Å². The fourth-order valence-corrected chi connectivity index (χ4v) is 3.72. The van der Waals surface area contributed by atoms with Crippen molar-refractivity contribution in [3.05, 3.63) is 29.3 Å². The summed E-state index contributed by atoms with van der Waals surface area (Å²) in [6, 6.07) is 5.74. The Morgan fingerprint density at radius 2 is 1.81 bits per heavy atom. The Bertz CT molecular complexity index is 752. The lowest BCUT2D eigenvalue weighted by Crippen LogP contribution is -2.53. The molecule has 148 valence electrons. The molecule has 1 saturated heterocycles. The predicted molar refractivity (Wildman–Crippen MR) is 108 cm³/mol. The van der Waals surface area contributed by atoms with Gasteiger partial charge in [0.15, 0.2) is 5.78 Å². The molecule has 2 heterocycles. The summed E-state index contributed by atoms with van der Waals surface area (Å²) in [4.78, 5) is 26.8. The van der Waals surface area contributed by atoms with Crippen LogP contribution in [0.4, 0.5) is 4.79 Å². The van der Waals surface area contributed by atoms with Gasteiger partial charge >= 0.3 is 6.09 Å². The highest BCUT2D eigenvalue weighted by Gasteiger charge is 2.44. The number of ketones is 1. The standard InChI is InChI=1S/C21H29NO4S/c1-19(2,3)26-18(24)22-10-8-21(9-11-22)13-16(23)15-12-14(20(4,5)27)6-7-17(15)25-21/h6-7,12,27H,8-11,13H2,1-5H3. The molecule has 0 N–H and O–H groups in total. The third-order valence-electron chi connectivity index (χ3n) is 5.12. The van der Waals surface area contributed by atoms with Crippen LogP contribution in [0.15, 0.2) is 18.2 Å². The number of carbonyl (C=O) groups excluding carboxylic acids is 2. The molecule has 6 heteroatoms. The van der Waals surface area contributed by atoms with E-state index in [4.69, 9.17) is 9.47 Å². The van der Waals surface area contributed by atoms with Gasteiger partial charge in [-0.2, -0.15) is 12.6 Å². The first-order chi connectivity index (χ1) is 12.4. The first kappa shape index (κ1) is 20.1. The van der Waals surface area contributed by atoms with Gasteiger partial charge in [0, 0.05) is 30.7 Å². The van der Waals surface area contributed by atoms with E-state index in [1.165, 1.54) is 0 Å². The summed E-state index contributed by atoms with van der Waals surface area (Å²) in [7, 11) is 0. The van der Waals surface area contributed by atoms with E-state index in [1.807, 2.05) is 52.8 Å². The molecule has 3 rings (SSSR count). The van der Waals surface area contributed by atoms with Gasteiger partial charge in [0.2, 0.25) is 0 Å². The van der Waals surface area contributed by atoms with Gasteiger partial charge < -0.3 is 14.4 Å². The van der Waals surface area contributed by atoms with Crippen LogP contribution in [0.5, 0.6) is 5.75 Å². The van der Waals surface area contributed by atoms with E-state index in [2.05, 4.69) is 12.6 Å². The van der Waals surface area contributed by atoms with Crippen molar-refractivity contribution in [2.45, 2.75) is 69.8 Å². The SMILES string of the molecule is CC(C)(C)OC(=O)N1CCC2(CC1)CC(=O)c1cc(C(C)(C)S)ccc1O2. The van der Waals surface area contributed by atoms with Crippen LogP contribution in [-0.4, -0.2) is 41.1 Å². The summed E-state index contributed by atoms with van der Waals surface area (Å²) in [5.74, 6) is 0.736. The zero-order valence-corrected chi connectivity index (χ0v) is 17.7. The largest absolute Gasteiger partial charge is 0.486 e. The van der Waals surface area contributed by atoms with Crippen molar-refractivity contribution >= 4 is 24.5 Å². The molecule has 1 amide bonds. The Morgan fingerprint density at radius 3 is 2.37 bits per heavy atom. The van der Waals surface area contributed by atoms with Gasteiger partial charge in [-0.25, -0.2) is 4.79 Å². The Kier molecular flexibility index (Phi) is 5.00. The third kappa shape index (κ3) is 4.42. The maximum Gasteiger partial charge on any atom is 0.410 e. The summed E-state index contributed by atoms with van der Waals surface area (Å²) < 4.78 is 11.4. The number of Topliss-reactive ketones (excluding diaryl/α,β-unsaturated/α-hetero) is 1. The van der Waals surface area contributed by atoms with Crippen LogP contribution < -0.4 is 4.74 Å². The molecule has 1 aromatic carbocycles. The van der Waals surface area contributed by atoms with E-state index in [1.54, 1.807) is 4.90 Å². The smallest absolute Gasteiger partial charge is 0.410 e. The molecule has 0 aliphatic carbocycles. The quantitative estimate of drug-likeness (QED) is 0.712. The molecular formula is C21H29NO4S. The normalized spacial score (nSPS) is 19.5. The summed E-state index contributed by atoms with van der Waals surface area (Å²) >= 11 is 4.59. The first-order valence-corrected chi connectivity index (χ1v) is 9.90. The minimum Gasteiger partial charge on any atom is -0.486 e. The average Bonchev–Trinajstić information content (AvgIpc) is 2.52. The number of hydrogen-bond acceptors (Lipinski definition) is 5. The summed E-state index contributed by atoms with van der Waals surface area (Å²) in [5.41, 5.74) is 0.591. The molecule has 0 radical (unpaired) electrons. The number of fused-ring (bicyclic) bond motifs is 1. The van der Waals surface area contributed by atoms with E-state index in [-0.39, 0.29) is 16.6 Å². The highest BCUT2D eigenvalue weighted by Crippen LogP contribution is 2.41. The van der Waals surface area contributed by atoms with Crippen molar-refractivity contribution in [3.63, 3.8) is 0 Å². The highest BCUT2D eigenvalue weighted by molar-refractivity contribution is 7.81. The number of thiol groups is 1. The number of hydrogen-bond donors (Lipinski definition) is 1. The van der Waals surface area contributed by atoms with Gasteiger partial charge in [-0.05, 0) is 52.3 Å². The topological polar surface area (TPSA) is 55.8 Å². The average molecular weight is 392 g/mol. The Hall–Kier alpha value is -1.69. The number of carbonyl (C=O) groups is 2. The van der Waals surface area contributed by atoms with Crippen LogP contribution in [0.3, 0.4) is 0 Å². The summed E-state index contributed by atoms with van der Waals surface area (Å²) in [5, 5.41) is 0. The second-order valence-electron chi connectivity index (χ2n) is 9.12. The lowest BCUT2D eigenvalue weighted by atomic mass is 9.82. The number of benzene rings is 1. The van der Waals surface area contributed by atoms with Crippen molar-refractivity contribution in [3.8, 4) is 5.75 Å². The van der Waals surface area contributed by atoms with Gasteiger partial charge in [-0.3, -0.25) is 4.79 Å². The van der Waals surface area contributed by atoms with E-state index < -0.39 is 11.2 Å². The maximum atomic E-state index is 12.8. The van der Waals surface area contributed by atoms with Crippen molar-refractivity contribution < 1.29 is 19.1 Å². The number of piperidine rings is 1. The fourth-order valence-electron chi connectivity index (χ4n) is 3.58. The van der Waals surface area contributed by atoms with Gasteiger partial charge in [0.25, 0.3) is 0 Å². The molecule has 2 aliphatic rings. The second-order valence-corrected chi connectivity index (χ2v) is 10.2. The van der Waals surface area contributed by atoms with Crippen LogP contribution in [0, 0.1) is 0 Å². The van der Waals surface area contributed by atoms with Crippen molar-refractivity contribution in [1.82, 2.24) is 4.90 Å². The van der Waals surface area contributed by atoms with E-state index >= 15 is 0 Å². The van der Waals surface area contributed by atoms with Crippen molar-refractivity contribution in [1.29, 1.82) is 0 Å². The summed E-state index contributed by atoms with van der Waals surface area (Å²) in [6.07, 6.45) is 1.29. The van der Waals surface area contributed by atoms with Crippen LogP contribution in [-0.2, 0) is 9.48 Å². The van der Waals surface area contributed by atoms with Crippen LogP contribution in [0.25, 0.3) is 0 Å². The van der Waals surface area contributed by atoms with E-state index in [9.17, 15) is 9.59 Å². The van der Waals surface area contributed by atoms with Gasteiger partial charge in [0.05, 0.1) is 12.0 Å². The molecule has 1 aromatic rings. The van der Waals surface area contributed by atoms with Gasteiger partial charge in [0.1, 0.15) is 17.0 Å². The zero-order chi connectivity index (χ0) is 20.0. The molecule has 0 bridgehead atoms. The fraction of sp³-hybridized carbons (Fsp3) is 0.619. The number of amides is 1. The monoisotopic (exact) mass is 391 g/mol. The lowest BCUT2D eigenvalue weighted by molar-refractivity contribution is -0.0226. The minimum atomic E-state index is -0.527. The molecule has 0 saturated carbocycles. The molecule has 0 unspecified atom stereocenters. The second kappa shape index (κ2) is 6.73.